The zero-order valence-electron chi connectivity index (χ0n) is 11.1. The molecule has 1 saturated carbocycles. The molecule has 104 valence electrons. The van der Waals surface area contributed by atoms with E-state index in [4.69, 9.17) is 11.6 Å². The van der Waals surface area contributed by atoms with Crippen LogP contribution in [0.15, 0.2) is 36.7 Å². The van der Waals surface area contributed by atoms with Gasteiger partial charge in [-0.05, 0) is 36.5 Å². The van der Waals surface area contributed by atoms with Gasteiger partial charge in [-0.3, -0.25) is 9.48 Å². The van der Waals surface area contributed by atoms with Crippen LogP contribution in [0.4, 0.5) is 5.69 Å². The van der Waals surface area contributed by atoms with E-state index in [-0.39, 0.29) is 5.91 Å². The highest BCUT2D eigenvalue weighted by atomic mass is 35.5. The number of aromatic nitrogens is 2. The number of anilines is 1. The van der Waals surface area contributed by atoms with E-state index in [1.165, 1.54) is 12.8 Å². The van der Waals surface area contributed by atoms with Crippen molar-refractivity contribution in [2.75, 3.05) is 5.32 Å². The number of nitrogens with zero attached hydrogens (tertiary/aromatic N) is 2. The van der Waals surface area contributed by atoms with Crippen molar-refractivity contribution in [2.24, 2.45) is 5.92 Å². The van der Waals surface area contributed by atoms with Gasteiger partial charge in [-0.15, -0.1) is 0 Å². The van der Waals surface area contributed by atoms with Crippen LogP contribution < -0.4 is 5.32 Å². The first-order chi connectivity index (χ1) is 9.69. The van der Waals surface area contributed by atoms with Gasteiger partial charge in [0.1, 0.15) is 0 Å². The first-order valence-corrected chi connectivity index (χ1v) is 7.13. The van der Waals surface area contributed by atoms with Gasteiger partial charge in [0.15, 0.2) is 0 Å². The number of benzene rings is 1. The predicted octanol–water partition coefficient (Wildman–Crippen LogP) is 3.13. The van der Waals surface area contributed by atoms with Gasteiger partial charge in [0.05, 0.1) is 18.3 Å². The summed E-state index contributed by atoms with van der Waals surface area (Å²) in [7, 11) is 0. The van der Waals surface area contributed by atoms with Gasteiger partial charge in [0.25, 0.3) is 0 Å². The summed E-state index contributed by atoms with van der Waals surface area (Å²) >= 11 is 5.82. The normalized spacial score (nSPS) is 14.2. The lowest BCUT2D eigenvalue weighted by Crippen LogP contribution is -2.13. The SMILES string of the molecule is O=C(Cc1ccc(Cl)cc1)Nc1cnn(CC2CC2)c1. The van der Waals surface area contributed by atoms with E-state index >= 15 is 0 Å². The third kappa shape index (κ3) is 3.61. The van der Waals surface area contributed by atoms with E-state index in [1.54, 1.807) is 18.3 Å². The third-order valence-electron chi connectivity index (χ3n) is 3.34. The molecule has 1 aromatic heterocycles. The first-order valence-electron chi connectivity index (χ1n) is 6.76. The number of amides is 1. The van der Waals surface area contributed by atoms with Crippen molar-refractivity contribution >= 4 is 23.2 Å². The molecule has 0 saturated heterocycles. The second-order valence-corrected chi connectivity index (χ2v) is 5.68. The lowest BCUT2D eigenvalue weighted by Gasteiger charge is -2.03. The molecule has 20 heavy (non-hydrogen) atoms. The number of carbonyl (C=O) groups excluding carboxylic acids is 1. The summed E-state index contributed by atoms with van der Waals surface area (Å²) in [5.41, 5.74) is 1.70. The predicted molar refractivity (Wildman–Crippen MR) is 78.7 cm³/mol. The summed E-state index contributed by atoms with van der Waals surface area (Å²) in [5, 5.41) is 7.79. The van der Waals surface area contributed by atoms with Crippen molar-refractivity contribution in [3.05, 3.63) is 47.2 Å². The van der Waals surface area contributed by atoms with E-state index in [9.17, 15) is 4.79 Å². The Balaban J connectivity index is 1.55. The summed E-state index contributed by atoms with van der Waals surface area (Å²) in [6.07, 6.45) is 6.50. The second-order valence-electron chi connectivity index (χ2n) is 5.25. The minimum Gasteiger partial charge on any atom is -0.323 e. The Morgan fingerprint density at radius 2 is 2.10 bits per heavy atom. The Bertz CT molecular complexity index is 602. The quantitative estimate of drug-likeness (QED) is 0.919. The van der Waals surface area contributed by atoms with Gasteiger partial charge in [-0.25, -0.2) is 0 Å². The molecule has 0 atom stereocenters. The highest BCUT2D eigenvalue weighted by molar-refractivity contribution is 6.30. The van der Waals surface area contributed by atoms with Crippen LogP contribution in [0.5, 0.6) is 0 Å². The molecule has 1 aliphatic carbocycles. The van der Waals surface area contributed by atoms with Gasteiger partial charge in [0, 0.05) is 17.8 Å². The monoisotopic (exact) mass is 289 g/mol. The van der Waals surface area contributed by atoms with Crippen LogP contribution in [-0.4, -0.2) is 15.7 Å². The summed E-state index contributed by atoms with van der Waals surface area (Å²) < 4.78 is 1.90. The average Bonchev–Trinajstić information content (AvgIpc) is 3.12. The molecule has 0 radical (unpaired) electrons. The maximum atomic E-state index is 11.9. The molecule has 4 nitrogen and oxygen atoms in total. The molecule has 0 aliphatic heterocycles. The molecule has 3 rings (SSSR count). The standard InChI is InChI=1S/C15H16ClN3O/c16-13-5-3-11(4-6-13)7-15(20)18-14-8-17-19(10-14)9-12-1-2-12/h3-6,8,10,12H,1-2,7,9H2,(H,18,20). The molecule has 0 spiro atoms. The van der Waals surface area contributed by atoms with E-state index in [0.29, 0.717) is 11.4 Å². The number of nitrogens with one attached hydrogen (secondary N) is 1. The van der Waals surface area contributed by atoms with Crippen molar-refractivity contribution in [3.8, 4) is 0 Å². The Kier molecular flexibility index (Phi) is 3.74. The number of hydrogen-bond acceptors (Lipinski definition) is 2. The Labute approximate surface area is 122 Å². The first kappa shape index (κ1) is 13.2. The van der Waals surface area contributed by atoms with Crippen molar-refractivity contribution < 1.29 is 4.79 Å². The maximum Gasteiger partial charge on any atom is 0.228 e. The number of hydrogen-bond donors (Lipinski definition) is 1. The van der Waals surface area contributed by atoms with Crippen LogP contribution in [0.3, 0.4) is 0 Å². The zero-order valence-corrected chi connectivity index (χ0v) is 11.8. The topological polar surface area (TPSA) is 46.9 Å². The van der Waals surface area contributed by atoms with Gasteiger partial charge in [0.2, 0.25) is 5.91 Å². The third-order valence-corrected chi connectivity index (χ3v) is 3.59. The molecule has 1 heterocycles. The van der Waals surface area contributed by atoms with Crippen LogP contribution in [0.25, 0.3) is 0 Å². The van der Waals surface area contributed by atoms with E-state index < -0.39 is 0 Å². The molecular weight excluding hydrogens is 274 g/mol. The molecule has 1 N–H and O–H groups in total. The lowest BCUT2D eigenvalue weighted by atomic mass is 10.1. The van der Waals surface area contributed by atoms with Crippen LogP contribution in [-0.2, 0) is 17.8 Å². The number of carbonyl (C=O) groups is 1. The summed E-state index contributed by atoms with van der Waals surface area (Å²) in [6, 6.07) is 7.30. The Morgan fingerprint density at radius 1 is 1.35 bits per heavy atom. The van der Waals surface area contributed by atoms with Gasteiger partial charge in [-0.1, -0.05) is 23.7 Å². The number of rotatable bonds is 5. The largest absolute Gasteiger partial charge is 0.323 e. The molecule has 5 heteroatoms. The van der Waals surface area contributed by atoms with E-state index in [1.807, 2.05) is 23.0 Å². The Morgan fingerprint density at radius 3 is 2.80 bits per heavy atom. The van der Waals surface area contributed by atoms with Crippen molar-refractivity contribution in [3.63, 3.8) is 0 Å². The van der Waals surface area contributed by atoms with Gasteiger partial charge in [-0.2, -0.15) is 5.10 Å². The van der Waals surface area contributed by atoms with Crippen molar-refractivity contribution in [1.82, 2.24) is 9.78 Å². The molecule has 0 unspecified atom stereocenters. The number of halogens is 1. The second kappa shape index (κ2) is 5.67. The fourth-order valence-corrected chi connectivity index (χ4v) is 2.21. The fourth-order valence-electron chi connectivity index (χ4n) is 2.09. The summed E-state index contributed by atoms with van der Waals surface area (Å²) in [4.78, 5) is 11.9. The lowest BCUT2D eigenvalue weighted by molar-refractivity contribution is -0.115. The maximum absolute atomic E-state index is 11.9. The highest BCUT2D eigenvalue weighted by Gasteiger charge is 2.22. The smallest absolute Gasteiger partial charge is 0.228 e. The molecule has 0 bridgehead atoms. The minimum atomic E-state index is -0.0432. The molecular formula is C15H16ClN3O. The van der Waals surface area contributed by atoms with Crippen LogP contribution in [0, 0.1) is 5.92 Å². The van der Waals surface area contributed by atoms with Crippen LogP contribution in [0.1, 0.15) is 18.4 Å². The summed E-state index contributed by atoms with van der Waals surface area (Å²) in [5.74, 6) is 0.728. The highest BCUT2D eigenvalue weighted by Crippen LogP contribution is 2.30. The molecule has 2 aromatic rings. The van der Waals surface area contributed by atoms with Crippen molar-refractivity contribution in [1.29, 1.82) is 0 Å². The van der Waals surface area contributed by atoms with Gasteiger partial charge < -0.3 is 5.32 Å². The Hall–Kier alpha value is -1.81. The van der Waals surface area contributed by atoms with Crippen molar-refractivity contribution in [2.45, 2.75) is 25.8 Å². The van der Waals surface area contributed by atoms with Crippen LogP contribution >= 0.6 is 11.6 Å². The summed E-state index contributed by atoms with van der Waals surface area (Å²) in [6.45, 7) is 0.951. The molecule has 1 aliphatic rings. The fraction of sp³-hybridized carbons (Fsp3) is 0.333. The van der Waals surface area contributed by atoms with E-state index in [0.717, 1.165) is 23.7 Å². The molecule has 1 fully saturated rings. The van der Waals surface area contributed by atoms with E-state index in [2.05, 4.69) is 10.4 Å². The minimum absolute atomic E-state index is 0.0432. The molecule has 1 aromatic carbocycles. The van der Waals surface area contributed by atoms with Gasteiger partial charge >= 0.3 is 0 Å². The average molecular weight is 290 g/mol. The zero-order chi connectivity index (χ0) is 13.9. The molecule has 1 amide bonds. The van der Waals surface area contributed by atoms with Crippen LogP contribution in [0.2, 0.25) is 5.02 Å².